The van der Waals surface area contributed by atoms with Gasteiger partial charge in [-0.25, -0.2) is 0 Å². The normalized spacial score (nSPS) is 22.6. The number of β-amino-alcohol motifs (C(OH)–C–C–N with tert-alkyl or cyclic N) is 2. The molecular weight excluding hydrogens is 268 g/mol. The van der Waals surface area contributed by atoms with Crippen molar-refractivity contribution < 1.29 is 10.2 Å². The van der Waals surface area contributed by atoms with E-state index in [1.54, 1.807) is 0 Å². The van der Waals surface area contributed by atoms with E-state index in [9.17, 15) is 0 Å². The predicted octanol–water partition coefficient (Wildman–Crippen LogP) is -1.06. The number of hydrogen-bond donors (Lipinski definition) is 4. The first-order valence-corrected chi connectivity index (χ1v) is 8.44. The first kappa shape index (κ1) is 18.8. The molecule has 0 aliphatic carbocycles. The Morgan fingerprint density at radius 2 is 1.05 bits per heavy atom. The third-order valence-corrected chi connectivity index (χ3v) is 3.92. The van der Waals surface area contributed by atoms with Gasteiger partial charge in [0.2, 0.25) is 0 Å². The maximum absolute atomic E-state index is 9.15. The quantitative estimate of drug-likeness (QED) is 0.531. The van der Waals surface area contributed by atoms with Crippen molar-refractivity contribution in [2.45, 2.75) is 19.3 Å². The summed E-state index contributed by atoms with van der Waals surface area (Å²) in [6.45, 7) is 10.3. The Hall–Kier alpha value is -0.240. The first-order valence-electron chi connectivity index (χ1n) is 8.44. The molecule has 0 radical (unpaired) electrons. The van der Waals surface area contributed by atoms with Crippen LogP contribution in [-0.4, -0.2) is 98.7 Å². The molecule has 0 atom stereocenters. The molecule has 0 saturated carbocycles. The van der Waals surface area contributed by atoms with Crippen LogP contribution in [0.15, 0.2) is 0 Å². The maximum Gasteiger partial charge on any atom is 0.0558 e. The zero-order valence-electron chi connectivity index (χ0n) is 13.4. The molecule has 4 N–H and O–H groups in total. The van der Waals surface area contributed by atoms with Crippen molar-refractivity contribution in [2.24, 2.45) is 0 Å². The van der Waals surface area contributed by atoms with Gasteiger partial charge in [-0.2, -0.15) is 0 Å². The second-order valence-electron chi connectivity index (χ2n) is 5.69. The number of aliphatic hydroxyl groups is 2. The van der Waals surface area contributed by atoms with Crippen molar-refractivity contribution in [3.63, 3.8) is 0 Å². The predicted molar refractivity (Wildman–Crippen MR) is 86.6 cm³/mol. The second kappa shape index (κ2) is 13.4. The third-order valence-electron chi connectivity index (χ3n) is 3.92. The van der Waals surface area contributed by atoms with Crippen molar-refractivity contribution in [1.82, 2.24) is 20.4 Å². The van der Waals surface area contributed by atoms with Gasteiger partial charge >= 0.3 is 0 Å². The Balaban J connectivity index is 2.38. The molecule has 0 amide bonds. The van der Waals surface area contributed by atoms with E-state index in [2.05, 4.69) is 20.4 Å². The molecule has 1 heterocycles. The van der Waals surface area contributed by atoms with E-state index >= 15 is 0 Å². The topological polar surface area (TPSA) is 71.0 Å². The average Bonchev–Trinajstić information content (AvgIpc) is 2.49. The molecule has 1 rings (SSSR count). The molecule has 6 nitrogen and oxygen atoms in total. The molecule has 1 saturated heterocycles. The van der Waals surface area contributed by atoms with Gasteiger partial charge in [-0.1, -0.05) is 0 Å². The number of rotatable bonds is 4. The van der Waals surface area contributed by atoms with Gasteiger partial charge < -0.3 is 30.6 Å². The van der Waals surface area contributed by atoms with Crippen molar-refractivity contribution in [3.8, 4) is 0 Å². The fraction of sp³-hybridized carbons (Fsp3) is 1.00. The Labute approximate surface area is 129 Å². The fourth-order valence-electron chi connectivity index (χ4n) is 2.75. The largest absolute Gasteiger partial charge is 0.395 e. The summed E-state index contributed by atoms with van der Waals surface area (Å²) in [5.74, 6) is 0. The lowest BCUT2D eigenvalue weighted by atomic mass is 10.3. The zero-order valence-corrected chi connectivity index (χ0v) is 13.4. The smallest absolute Gasteiger partial charge is 0.0558 e. The lowest BCUT2D eigenvalue weighted by Crippen LogP contribution is -2.35. The van der Waals surface area contributed by atoms with Crippen LogP contribution >= 0.6 is 0 Å². The van der Waals surface area contributed by atoms with Crippen LogP contribution in [0.3, 0.4) is 0 Å². The van der Waals surface area contributed by atoms with E-state index in [1.165, 1.54) is 0 Å². The van der Waals surface area contributed by atoms with E-state index in [0.717, 1.165) is 84.7 Å². The highest BCUT2D eigenvalue weighted by molar-refractivity contribution is 4.65. The molecule has 0 aromatic heterocycles. The van der Waals surface area contributed by atoms with E-state index in [1.807, 2.05) is 0 Å². The average molecular weight is 302 g/mol. The molecule has 21 heavy (non-hydrogen) atoms. The van der Waals surface area contributed by atoms with Gasteiger partial charge in [0.25, 0.3) is 0 Å². The minimum absolute atomic E-state index is 0.234. The van der Waals surface area contributed by atoms with Crippen LogP contribution in [0.4, 0.5) is 0 Å². The molecule has 126 valence electrons. The van der Waals surface area contributed by atoms with Gasteiger partial charge in [-0.15, -0.1) is 0 Å². The van der Waals surface area contributed by atoms with Gasteiger partial charge in [0.15, 0.2) is 0 Å². The fourth-order valence-corrected chi connectivity index (χ4v) is 2.75. The van der Waals surface area contributed by atoms with E-state index in [4.69, 9.17) is 10.2 Å². The zero-order chi connectivity index (χ0) is 15.2. The number of nitrogens with one attached hydrogen (secondary N) is 2. The van der Waals surface area contributed by atoms with Gasteiger partial charge in [-0.3, -0.25) is 0 Å². The molecule has 1 fully saturated rings. The van der Waals surface area contributed by atoms with Gasteiger partial charge in [0.05, 0.1) is 13.2 Å². The van der Waals surface area contributed by atoms with Crippen LogP contribution in [-0.2, 0) is 0 Å². The Morgan fingerprint density at radius 1 is 0.619 bits per heavy atom. The van der Waals surface area contributed by atoms with Crippen molar-refractivity contribution in [1.29, 1.82) is 0 Å². The van der Waals surface area contributed by atoms with Crippen LogP contribution in [0.5, 0.6) is 0 Å². The number of nitrogens with zero attached hydrogens (tertiary/aromatic N) is 2. The van der Waals surface area contributed by atoms with Crippen LogP contribution in [0, 0.1) is 0 Å². The summed E-state index contributed by atoms with van der Waals surface area (Å²) in [5, 5.41) is 25.2. The van der Waals surface area contributed by atoms with Crippen molar-refractivity contribution in [3.05, 3.63) is 0 Å². The highest BCUT2D eigenvalue weighted by Crippen LogP contribution is 1.98. The Bertz CT molecular complexity index is 210. The van der Waals surface area contributed by atoms with Gasteiger partial charge in [0, 0.05) is 26.2 Å². The minimum atomic E-state index is 0.234. The summed E-state index contributed by atoms with van der Waals surface area (Å²) in [6.07, 6.45) is 3.35. The summed E-state index contributed by atoms with van der Waals surface area (Å²) < 4.78 is 0. The van der Waals surface area contributed by atoms with E-state index in [-0.39, 0.29) is 13.2 Å². The molecule has 1 aliphatic heterocycles. The monoisotopic (exact) mass is 302 g/mol. The second-order valence-corrected chi connectivity index (χ2v) is 5.69. The summed E-state index contributed by atoms with van der Waals surface area (Å²) in [6, 6.07) is 0. The molecule has 1 aliphatic rings. The van der Waals surface area contributed by atoms with E-state index < -0.39 is 0 Å². The lowest BCUT2D eigenvalue weighted by Gasteiger charge is -2.25. The Morgan fingerprint density at radius 3 is 1.48 bits per heavy atom. The molecule has 0 spiro atoms. The van der Waals surface area contributed by atoms with Crippen LogP contribution in [0.25, 0.3) is 0 Å². The highest BCUT2D eigenvalue weighted by atomic mass is 16.3. The molecule has 0 bridgehead atoms. The SMILES string of the molecule is OCCN1CCCNCCNCCCN(CCO)CCC1. The molecule has 6 heteroatoms. The van der Waals surface area contributed by atoms with E-state index in [0.29, 0.717) is 0 Å². The molecular formula is C15H34N4O2. The standard InChI is InChI=1S/C15H34N4O2/c20-14-12-18-8-1-4-16-6-7-17-5-2-9-19(13-15-21)11-3-10-18/h16-17,20-21H,1-15H2. The van der Waals surface area contributed by atoms with Crippen LogP contribution < -0.4 is 10.6 Å². The van der Waals surface area contributed by atoms with Gasteiger partial charge in [-0.05, 0) is 58.5 Å². The lowest BCUT2D eigenvalue weighted by molar-refractivity contribution is 0.167. The Kier molecular flexibility index (Phi) is 12.0. The summed E-state index contributed by atoms with van der Waals surface area (Å²) in [4.78, 5) is 4.69. The number of hydrogen-bond acceptors (Lipinski definition) is 6. The summed E-state index contributed by atoms with van der Waals surface area (Å²) >= 11 is 0. The van der Waals surface area contributed by atoms with Crippen molar-refractivity contribution in [2.75, 3.05) is 78.7 Å². The molecule has 0 aromatic carbocycles. The highest BCUT2D eigenvalue weighted by Gasteiger charge is 2.08. The van der Waals surface area contributed by atoms with Crippen LogP contribution in [0.2, 0.25) is 0 Å². The summed E-state index contributed by atoms with van der Waals surface area (Å²) in [5.41, 5.74) is 0. The molecule has 0 aromatic rings. The molecule has 0 unspecified atom stereocenters. The summed E-state index contributed by atoms with van der Waals surface area (Å²) in [7, 11) is 0. The minimum Gasteiger partial charge on any atom is -0.395 e. The maximum atomic E-state index is 9.15. The van der Waals surface area contributed by atoms with Crippen LogP contribution in [0.1, 0.15) is 19.3 Å². The van der Waals surface area contributed by atoms with Crippen molar-refractivity contribution >= 4 is 0 Å². The third kappa shape index (κ3) is 10.2. The number of aliphatic hydroxyl groups excluding tert-OH is 2. The first-order chi connectivity index (χ1) is 10.4. The van der Waals surface area contributed by atoms with Gasteiger partial charge in [0.1, 0.15) is 0 Å².